The first-order chi connectivity index (χ1) is 8.11. The molecule has 0 amide bonds. The van der Waals surface area contributed by atoms with Crippen LogP contribution < -0.4 is 0 Å². The van der Waals surface area contributed by atoms with Crippen LogP contribution in [0.4, 0.5) is 0 Å². The van der Waals surface area contributed by atoms with Crippen LogP contribution in [0.2, 0.25) is 0 Å². The molecule has 0 aromatic rings. The highest BCUT2D eigenvalue weighted by Gasteiger charge is 2.23. The average Bonchev–Trinajstić information content (AvgIpc) is 2.80. The van der Waals surface area contributed by atoms with E-state index in [1.165, 1.54) is 0 Å². The van der Waals surface area contributed by atoms with Crippen LogP contribution in [0.3, 0.4) is 0 Å². The lowest BCUT2D eigenvalue weighted by atomic mass is 10.3. The Morgan fingerprint density at radius 2 is 1.82 bits per heavy atom. The van der Waals surface area contributed by atoms with Gasteiger partial charge in [0.15, 0.2) is 6.29 Å². The molecule has 0 saturated carbocycles. The SMILES string of the molecule is CCOP(=O)(C/C=C(\C)C1OCCO1)OCC. The molecule has 0 aliphatic carbocycles. The molecule has 0 spiro atoms. The molecule has 6 heteroatoms. The molecule has 0 radical (unpaired) electrons. The number of hydrogen-bond acceptors (Lipinski definition) is 5. The van der Waals surface area contributed by atoms with Crippen molar-refractivity contribution in [1.82, 2.24) is 0 Å². The topological polar surface area (TPSA) is 54.0 Å². The summed E-state index contributed by atoms with van der Waals surface area (Å²) >= 11 is 0. The summed E-state index contributed by atoms with van der Waals surface area (Å²) in [5.41, 5.74) is 0.905. The number of hydrogen-bond donors (Lipinski definition) is 0. The molecule has 100 valence electrons. The van der Waals surface area contributed by atoms with Gasteiger partial charge in [0.2, 0.25) is 0 Å². The van der Waals surface area contributed by atoms with Gasteiger partial charge in [-0.2, -0.15) is 0 Å². The highest BCUT2D eigenvalue weighted by molar-refractivity contribution is 7.54. The van der Waals surface area contributed by atoms with Gasteiger partial charge in [0.05, 0.1) is 32.6 Å². The minimum atomic E-state index is -3.00. The van der Waals surface area contributed by atoms with Gasteiger partial charge in [-0.1, -0.05) is 6.08 Å². The number of ether oxygens (including phenoxy) is 2. The minimum absolute atomic E-state index is 0.254. The number of allylic oxidation sites excluding steroid dienone is 1. The summed E-state index contributed by atoms with van der Waals surface area (Å²) in [6.45, 7) is 7.44. The quantitative estimate of drug-likeness (QED) is 0.522. The Kier molecular flexibility index (Phi) is 6.38. The Hall–Kier alpha value is -0.190. The zero-order valence-corrected chi connectivity index (χ0v) is 11.6. The van der Waals surface area contributed by atoms with E-state index < -0.39 is 7.60 Å². The maximum Gasteiger partial charge on any atom is 0.334 e. The molecule has 1 heterocycles. The zero-order chi connectivity index (χ0) is 12.7. The average molecular weight is 264 g/mol. The molecule has 0 unspecified atom stereocenters. The van der Waals surface area contributed by atoms with Crippen molar-refractivity contribution in [2.24, 2.45) is 0 Å². The van der Waals surface area contributed by atoms with Gasteiger partial charge in [0.25, 0.3) is 0 Å². The second kappa shape index (κ2) is 7.29. The van der Waals surface area contributed by atoms with E-state index >= 15 is 0 Å². The van der Waals surface area contributed by atoms with Crippen LogP contribution in [0.5, 0.6) is 0 Å². The van der Waals surface area contributed by atoms with Crippen LogP contribution in [0, 0.1) is 0 Å². The van der Waals surface area contributed by atoms with Crippen LogP contribution in [-0.4, -0.2) is 38.9 Å². The Morgan fingerprint density at radius 1 is 1.29 bits per heavy atom. The lowest BCUT2D eigenvalue weighted by Crippen LogP contribution is -2.10. The molecule has 1 rings (SSSR count). The largest absolute Gasteiger partial charge is 0.346 e. The lowest BCUT2D eigenvalue weighted by Gasteiger charge is -2.16. The smallest absolute Gasteiger partial charge is 0.334 e. The molecule has 1 fully saturated rings. The maximum atomic E-state index is 12.2. The zero-order valence-electron chi connectivity index (χ0n) is 10.7. The van der Waals surface area contributed by atoms with E-state index in [-0.39, 0.29) is 12.5 Å². The van der Waals surface area contributed by atoms with Gasteiger partial charge in [-0.3, -0.25) is 4.57 Å². The summed E-state index contributed by atoms with van der Waals surface area (Å²) in [6, 6.07) is 0. The Labute approximate surface area is 103 Å². The van der Waals surface area contributed by atoms with Crippen molar-refractivity contribution in [3.05, 3.63) is 11.6 Å². The third-order valence-corrected chi connectivity index (χ3v) is 4.22. The van der Waals surface area contributed by atoms with E-state index in [4.69, 9.17) is 18.5 Å². The molecule has 0 atom stereocenters. The van der Waals surface area contributed by atoms with Gasteiger partial charge in [0.1, 0.15) is 0 Å². The summed E-state index contributed by atoms with van der Waals surface area (Å²) in [7, 11) is -3.00. The first-order valence-corrected chi connectivity index (χ1v) is 7.62. The van der Waals surface area contributed by atoms with Gasteiger partial charge in [-0.15, -0.1) is 0 Å². The van der Waals surface area contributed by atoms with Crippen molar-refractivity contribution < 1.29 is 23.1 Å². The number of rotatable bonds is 7. The standard InChI is InChI=1S/C11H21O5P/c1-4-15-17(12,16-5-2)9-6-10(3)11-13-7-8-14-11/h6,11H,4-5,7-9H2,1-3H3/b10-6+. The van der Waals surface area contributed by atoms with Crippen molar-refractivity contribution in [3.8, 4) is 0 Å². The highest BCUT2D eigenvalue weighted by Crippen LogP contribution is 2.48. The normalized spacial score (nSPS) is 18.9. The fraction of sp³-hybridized carbons (Fsp3) is 0.818. The third kappa shape index (κ3) is 4.90. The van der Waals surface area contributed by atoms with E-state index in [9.17, 15) is 4.57 Å². The highest BCUT2D eigenvalue weighted by atomic mass is 31.2. The molecule has 0 N–H and O–H groups in total. The first kappa shape index (κ1) is 14.9. The van der Waals surface area contributed by atoms with Crippen LogP contribution in [0.15, 0.2) is 11.6 Å². The van der Waals surface area contributed by atoms with Crippen LogP contribution in [-0.2, 0) is 23.1 Å². The van der Waals surface area contributed by atoms with Crippen LogP contribution >= 0.6 is 7.60 Å². The second-order valence-corrected chi connectivity index (χ2v) is 5.75. The molecular formula is C11H21O5P. The maximum absolute atomic E-state index is 12.2. The summed E-state index contributed by atoms with van der Waals surface area (Å²) in [6.07, 6.45) is 1.75. The molecule has 17 heavy (non-hydrogen) atoms. The minimum Gasteiger partial charge on any atom is -0.346 e. The molecule has 1 aliphatic rings. The van der Waals surface area contributed by atoms with E-state index in [0.29, 0.717) is 26.4 Å². The van der Waals surface area contributed by atoms with Gasteiger partial charge < -0.3 is 18.5 Å². The lowest BCUT2D eigenvalue weighted by molar-refractivity contribution is -0.0111. The fourth-order valence-electron chi connectivity index (χ4n) is 1.51. The van der Waals surface area contributed by atoms with E-state index in [1.807, 2.05) is 13.0 Å². The second-order valence-electron chi connectivity index (χ2n) is 3.65. The summed E-state index contributed by atoms with van der Waals surface area (Å²) < 4.78 is 33.2. The summed E-state index contributed by atoms with van der Waals surface area (Å²) in [5, 5.41) is 0. The van der Waals surface area contributed by atoms with Crippen LogP contribution in [0.25, 0.3) is 0 Å². The molecule has 5 nitrogen and oxygen atoms in total. The predicted molar refractivity (Wildman–Crippen MR) is 65.2 cm³/mol. The van der Waals surface area contributed by atoms with Crippen molar-refractivity contribution in [3.63, 3.8) is 0 Å². The third-order valence-electron chi connectivity index (χ3n) is 2.28. The molecule has 1 saturated heterocycles. The van der Waals surface area contributed by atoms with Crippen LogP contribution in [0.1, 0.15) is 20.8 Å². The molecule has 0 aromatic heterocycles. The fourth-order valence-corrected chi connectivity index (χ4v) is 3.09. The van der Waals surface area contributed by atoms with Crippen molar-refractivity contribution in [1.29, 1.82) is 0 Å². The predicted octanol–water partition coefficient (Wildman–Crippen LogP) is 2.57. The molecule has 1 aliphatic heterocycles. The van der Waals surface area contributed by atoms with E-state index in [0.717, 1.165) is 5.57 Å². The van der Waals surface area contributed by atoms with Crippen molar-refractivity contribution >= 4 is 7.60 Å². The molecular weight excluding hydrogens is 243 g/mol. The van der Waals surface area contributed by atoms with Gasteiger partial charge >= 0.3 is 7.60 Å². The van der Waals surface area contributed by atoms with Gasteiger partial charge in [-0.25, -0.2) is 0 Å². The van der Waals surface area contributed by atoms with E-state index in [1.54, 1.807) is 13.8 Å². The van der Waals surface area contributed by atoms with Gasteiger partial charge in [-0.05, 0) is 26.3 Å². The summed E-state index contributed by atoms with van der Waals surface area (Å²) in [4.78, 5) is 0. The van der Waals surface area contributed by atoms with Crippen molar-refractivity contribution in [2.45, 2.75) is 27.1 Å². The Morgan fingerprint density at radius 3 is 2.29 bits per heavy atom. The molecule has 0 bridgehead atoms. The van der Waals surface area contributed by atoms with Crippen molar-refractivity contribution in [2.75, 3.05) is 32.6 Å². The van der Waals surface area contributed by atoms with E-state index in [2.05, 4.69) is 0 Å². The Bertz CT molecular complexity index is 286. The monoisotopic (exact) mass is 264 g/mol. The first-order valence-electron chi connectivity index (χ1n) is 5.89. The molecule has 0 aromatic carbocycles. The Balaban J connectivity index is 2.54. The van der Waals surface area contributed by atoms with Gasteiger partial charge in [0, 0.05) is 0 Å². The summed E-state index contributed by atoms with van der Waals surface area (Å²) in [5.74, 6) is 0.